The number of allylic oxidation sites excluding steroid dienone is 1. The summed E-state index contributed by atoms with van der Waals surface area (Å²) in [7, 11) is 0. The van der Waals surface area contributed by atoms with Crippen molar-refractivity contribution in [1.82, 2.24) is 0 Å². The Morgan fingerprint density at radius 2 is 1.60 bits per heavy atom. The number of rotatable bonds is 4. The number of hydrogen-bond acceptors (Lipinski definition) is 3. The van der Waals surface area contributed by atoms with Crippen molar-refractivity contribution in [3.8, 4) is 0 Å². The number of ether oxygens (including phenoxy) is 1. The first-order valence-corrected chi connectivity index (χ1v) is 17.6. The summed E-state index contributed by atoms with van der Waals surface area (Å²) < 4.78 is 6.64. The molecule has 3 heteroatoms. The Morgan fingerprint density at radius 1 is 0.900 bits per heavy atom. The molecule has 5 aliphatic rings. The van der Waals surface area contributed by atoms with Gasteiger partial charge >= 0.3 is 5.97 Å². The zero-order valence-electron chi connectivity index (χ0n) is 27.7. The van der Waals surface area contributed by atoms with E-state index in [0.29, 0.717) is 22.7 Å². The minimum atomic E-state index is -0.126. The van der Waals surface area contributed by atoms with Gasteiger partial charge in [0.15, 0.2) is 0 Å². The normalized spacial score (nSPS) is 52.0. The van der Waals surface area contributed by atoms with Crippen LogP contribution in [-0.2, 0) is 9.53 Å². The molecule has 40 heavy (non-hydrogen) atoms. The van der Waals surface area contributed by atoms with Crippen LogP contribution in [0.1, 0.15) is 140 Å². The monoisotopic (exact) mass is 570 g/mol. The number of carbonyl (C=O) groups is 1. The van der Waals surface area contributed by atoms with E-state index < -0.39 is 0 Å². The third-order valence-corrected chi connectivity index (χ3v) is 15.6. The second-order valence-corrected chi connectivity index (χ2v) is 18.0. The molecule has 0 spiro atoms. The highest BCUT2D eigenvalue weighted by atomic mass is 32.1. The summed E-state index contributed by atoms with van der Waals surface area (Å²) in [6.07, 6.45) is 15.8. The van der Waals surface area contributed by atoms with Gasteiger partial charge in [0, 0.05) is 16.2 Å². The van der Waals surface area contributed by atoms with Gasteiger partial charge in [-0.15, -0.1) is 0 Å². The zero-order valence-corrected chi connectivity index (χ0v) is 28.6. The topological polar surface area (TPSA) is 26.3 Å². The van der Waals surface area contributed by atoms with Gasteiger partial charge in [0.2, 0.25) is 0 Å². The van der Waals surface area contributed by atoms with Gasteiger partial charge in [0.05, 0.1) is 0 Å². The fraction of sp³-hybridized carbons (Fsp3) is 0.919. The summed E-state index contributed by atoms with van der Waals surface area (Å²) in [5.41, 5.74) is 2.05. The lowest BCUT2D eigenvalue weighted by atomic mass is 9.31. The van der Waals surface area contributed by atoms with E-state index in [1.165, 1.54) is 51.4 Å². The maximum Gasteiger partial charge on any atom is 0.333 e. The molecule has 0 saturated heterocycles. The molecule has 12 atom stereocenters. The highest BCUT2D eigenvalue weighted by molar-refractivity contribution is 7.81. The Hall–Kier alpha value is -0.440. The van der Waals surface area contributed by atoms with Crippen LogP contribution in [0.5, 0.6) is 0 Å². The van der Waals surface area contributed by atoms with Gasteiger partial charge in [0.1, 0.15) is 6.10 Å². The van der Waals surface area contributed by atoms with Crippen LogP contribution < -0.4 is 0 Å². The first-order valence-electron chi connectivity index (χ1n) is 17.1. The lowest BCUT2D eigenvalue weighted by Crippen LogP contribution is -2.70. The molecule has 0 N–H and O–H groups in total. The van der Waals surface area contributed by atoms with E-state index in [1.807, 2.05) is 6.92 Å². The van der Waals surface area contributed by atoms with Crippen molar-refractivity contribution in [3.05, 3.63) is 11.6 Å². The van der Waals surface area contributed by atoms with Crippen molar-refractivity contribution in [3.63, 3.8) is 0 Å². The largest absolute Gasteiger partial charge is 0.457 e. The molecule has 2 unspecified atom stereocenters. The molecular weight excluding hydrogens is 508 g/mol. The molecule has 0 aromatic carbocycles. The summed E-state index contributed by atoms with van der Waals surface area (Å²) in [6, 6.07) is 0. The lowest BCUT2D eigenvalue weighted by Gasteiger charge is -2.74. The molecule has 5 rings (SSSR count). The van der Waals surface area contributed by atoms with Crippen LogP contribution in [0.15, 0.2) is 11.6 Å². The number of hydrogen-bond donors (Lipinski definition) is 1. The number of fused-ring (bicyclic) bond motifs is 7. The fourth-order valence-electron chi connectivity index (χ4n) is 12.7. The van der Waals surface area contributed by atoms with Gasteiger partial charge in [-0.05, 0) is 128 Å². The molecule has 0 radical (unpaired) electrons. The summed E-state index contributed by atoms with van der Waals surface area (Å²) in [5.74, 6) is 4.33. The predicted molar refractivity (Wildman–Crippen MR) is 171 cm³/mol. The number of thiol groups is 1. The molecule has 0 aromatic rings. The first kappa shape index (κ1) is 31.0. The Labute approximate surface area is 253 Å². The summed E-state index contributed by atoms with van der Waals surface area (Å²) in [4.78, 5) is 13.5. The molecule has 5 fully saturated rings. The molecular formula is C37H62O2S. The van der Waals surface area contributed by atoms with Gasteiger partial charge in [0.25, 0.3) is 0 Å². The van der Waals surface area contributed by atoms with Crippen molar-refractivity contribution in [2.45, 2.75) is 151 Å². The van der Waals surface area contributed by atoms with Crippen LogP contribution in [0.2, 0.25) is 0 Å². The first-order chi connectivity index (χ1) is 18.6. The fourth-order valence-corrected chi connectivity index (χ4v) is 13.5. The van der Waals surface area contributed by atoms with Crippen molar-refractivity contribution < 1.29 is 9.53 Å². The van der Waals surface area contributed by atoms with E-state index in [1.54, 1.807) is 0 Å². The smallest absolute Gasteiger partial charge is 0.333 e. The van der Waals surface area contributed by atoms with E-state index in [4.69, 9.17) is 17.4 Å². The molecule has 5 saturated carbocycles. The van der Waals surface area contributed by atoms with E-state index in [0.717, 1.165) is 48.5 Å². The summed E-state index contributed by atoms with van der Waals surface area (Å²) >= 11 is 5.25. The van der Waals surface area contributed by atoms with E-state index in [9.17, 15) is 4.79 Å². The quantitative estimate of drug-likeness (QED) is 0.207. The summed E-state index contributed by atoms with van der Waals surface area (Å²) in [5, 5.41) is 0.0842. The average Bonchev–Trinajstić information content (AvgIpc) is 2.87. The number of esters is 1. The van der Waals surface area contributed by atoms with Gasteiger partial charge in [-0.2, -0.15) is 12.6 Å². The van der Waals surface area contributed by atoms with Crippen LogP contribution in [-0.4, -0.2) is 17.3 Å². The van der Waals surface area contributed by atoms with Gasteiger partial charge in [-0.1, -0.05) is 74.8 Å². The van der Waals surface area contributed by atoms with Crippen molar-refractivity contribution in [1.29, 1.82) is 0 Å². The highest BCUT2D eigenvalue weighted by Crippen LogP contribution is 2.77. The zero-order chi connectivity index (χ0) is 29.5. The minimum Gasteiger partial charge on any atom is -0.457 e. The molecule has 228 valence electrons. The molecule has 0 amide bonds. The van der Waals surface area contributed by atoms with Crippen molar-refractivity contribution >= 4 is 18.6 Å². The Morgan fingerprint density at radius 3 is 2.27 bits per heavy atom. The Balaban J connectivity index is 1.55. The number of carbonyl (C=O) groups excluding carboxylic acids is 1. The molecule has 0 bridgehead atoms. The molecule has 5 aliphatic carbocycles. The van der Waals surface area contributed by atoms with Crippen LogP contribution >= 0.6 is 12.6 Å². The van der Waals surface area contributed by atoms with Gasteiger partial charge in [-0.3, -0.25) is 0 Å². The highest BCUT2D eigenvalue weighted by Gasteiger charge is 2.72. The van der Waals surface area contributed by atoms with Crippen LogP contribution in [0.3, 0.4) is 0 Å². The standard InChI is InChI=1S/C37H62O2S/c1-11-12-13-24(3)32(38)39-31-27(40)22-33(5,6)28-17-19-36(9)29(37(28,31)10)15-14-26-30-25(4)23(2)16-18-34(30,7)20-21-35(26,36)8/h13,23,25-31,40H,11-12,14-22H2,1-10H3/t23-,25+,26-,27?,28+,29+,30+,31?,34-,35-,36-,37+/m1/s1. The predicted octanol–water partition coefficient (Wildman–Crippen LogP) is 10.3. The Kier molecular flexibility index (Phi) is 8.01. The van der Waals surface area contributed by atoms with E-state index >= 15 is 0 Å². The molecule has 0 aliphatic heterocycles. The van der Waals surface area contributed by atoms with E-state index in [-0.39, 0.29) is 33.6 Å². The minimum absolute atomic E-state index is 0.0535. The van der Waals surface area contributed by atoms with Crippen LogP contribution in [0.4, 0.5) is 0 Å². The maximum absolute atomic E-state index is 13.5. The van der Waals surface area contributed by atoms with E-state index in [2.05, 4.69) is 68.4 Å². The second kappa shape index (κ2) is 10.3. The van der Waals surface area contributed by atoms with Gasteiger partial charge in [-0.25, -0.2) is 4.79 Å². The Bertz CT molecular complexity index is 1020. The third kappa shape index (κ3) is 4.34. The maximum atomic E-state index is 13.5. The van der Waals surface area contributed by atoms with Crippen LogP contribution in [0.25, 0.3) is 0 Å². The SMILES string of the molecule is CCCC=C(C)C(=O)OC1C(S)CC(C)(C)[C@@H]2CC[C@]3(C)[C@H](CC[C@@H]4[C@@H]5[C@@H](C)[C@H](C)CC[C@]5(C)CC[C@]43C)[C@@]12C. The van der Waals surface area contributed by atoms with Crippen LogP contribution in [0, 0.1) is 62.6 Å². The molecule has 2 nitrogen and oxygen atoms in total. The molecule has 0 aromatic heterocycles. The van der Waals surface area contributed by atoms with Crippen molar-refractivity contribution in [2.75, 3.05) is 0 Å². The summed E-state index contributed by atoms with van der Waals surface area (Å²) in [6.45, 7) is 24.8. The lowest BCUT2D eigenvalue weighted by molar-refractivity contribution is -0.268. The number of unbranched alkanes of at least 4 members (excludes halogenated alkanes) is 1. The third-order valence-electron chi connectivity index (χ3n) is 15.1. The molecule has 0 heterocycles. The van der Waals surface area contributed by atoms with Crippen molar-refractivity contribution in [2.24, 2.45) is 62.6 Å². The van der Waals surface area contributed by atoms with Gasteiger partial charge < -0.3 is 4.74 Å². The average molecular weight is 571 g/mol. The second-order valence-electron chi connectivity index (χ2n) is 17.3.